The lowest BCUT2D eigenvalue weighted by Gasteiger charge is -2.04. The normalized spacial score (nSPS) is 11.1. The fourth-order valence-electron chi connectivity index (χ4n) is 2.69. The summed E-state index contributed by atoms with van der Waals surface area (Å²) in [5.41, 5.74) is 2.38. The summed E-state index contributed by atoms with van der Waals surface area (Å²) in [6, 6.07) is 15.0. The molecular formula is C20H15F2N3OS. The van der Waals surface area contributed by atoms with Crippen LogP contribution in [0.4, 0.5) is 8.78 Å². The fourth-order valence-corrected chi connectivity index (χ4v) is 3.49. The van der Waals surface area contributed by atoms with Crippen molar-refractivity contribution in [3.05, 3.63) is 78.0 Å². The van der Waals surface area contributed by atoms with Crippen molar-refractivity contribution in [2.45, 2.75) is 10.8 Å². The average molecular weight is 383 g/mol. The van der Waals surface area contributed by atoms with Crippen LogP contribution in [0.1, 0.15) is 5.56 Å². The summed E-state index contributed by atoms with van der Waals surface area (Å²) >= 11 is 1.58. The lowest BCUT2D eigenvalue weighted by Crippen LogP contribution is -1.92. The molecule has 7 heteroatoms. The van der Waals surface area contributed by atoms with Gasteiger partial charge in [-0.1, -0.05) is 23.9 Å². The van der Waals surface area contributed by atoms with Crippen molar-refractivity contribution in [2.75, 3.05) is 7.11 Å². The lowest BCUT2D eigenvalue weighted by molar-refractivity contribution is 0.414. The summed E-state index contributed by atoms with van der Waals surface area (Å²) in [6.07, 6.45) is 1.64. The van der Waals surface area contributed by atoms with Gasteiger partial charge in [-0.25, -0.2) is 18.3 Å². The van der Waals surface area contributed by atoms with E-state index in [-0.39, 0.29) is 5.56 Å². The Hall–Kier alpha value is -2.93. The predicted molar refractivity (Wildman–Crippen MR) is 101 cm³/mol. The zero-order valence-corrected chi connectivity index (χ0v) is 15.2. The first kappa shape index (κ1) is 17.5. The van der Waals surface area contributed by atoms with Crippen LogP contribution in [0.2, 0.25) is 0 Å². The summed E-state index contributed by atoms with van der Waals surface area (Å²) in [7, 11) is 1.64. The molecule has 4 rings (SSSR count). The number of hydrogen-bond donors (Lipinski definition) is 0. The predicted octanol–water partition coefficient (Wildman–Crippen LogP) is 4.98. The van der Waals surface area contributed by atoms with Gasteiger partial charge in [0, 0.05) is 17.4 Å². The molecule has 0 saturated carbocycles. The first-order valence-electron chi connectivity index (χ1n) is 8.20. The maximum Gasteiger partial charge on any atom is 0.154 e. The number of nitrogens with zero attached hydrogens (tertiary/aromatic N) is 3. The highest BCUT2D eigenvalue weighted by atomic mass is 32.2. The summed E-state index contributed by atoms with van der Waals surface area (Å²) in [5, 5.41) is 5.33. The van der Waals surface area contributed by atoms with Crippen LogP contribution in [-0.4, -0.2) is 21.7 Å². The topological polar surface area (TPSA) is 39.4 Å². The molecule has 0 N–H and O–H groups in total. The van der Waals surface area contributed by atoms with Crippen LogP contribution in [0.25, 0.3) is 16.9 Å². The number of methoxy groups -OCH3 is 1. The second kappa shape index (κ2) is 7.36. The first-order valence-corrected chi connectivity index (χ1v) is 9.18. The molecule has 4 nitrogen and oxygen atoms in total. The number of rotatable bonds is 5. The Morgan fingerprint density at radius 1 is 1.07 bits per heavy atom. The smallest absolute Gasteiger partial charge is 0.154 e. The molecule has 0 unspecified atom stereocenters. The molecule has 0 aliphatic carbocycles. The number of ether oxygens (including phenoxy) is 1. The van der Waals surface area contributed by atoms with E-state index in [2.05, 4.69) is 10.1 Å². The van der Waals surface area contributed by atoms with E-state index in [4.69, 9.17) is 4.74 Å². The number of aromatic nitrogens is 3. The van der Waals surface area contributed by atoms with Crippen LogP contribution in [0.5, 0.6) is 5.75 Å². The highest BCUT2D eigenvalue weighted by Crippen LogP contribution is 2.26. The molecule has 2 heterocycles. The molecule has 2 aromatic heterocycles. The van der Waals surface area contributed by atoms with E-state index in [0.717, 1.165) is 28.2 Å². The van der Waals surface area contributed by atoms with Crippen LogP contribution < -0.4 is 4.74 Å². The van der Waals surface area contributed by atoms with Crippen LogP contribution in [0.15, 0.2) is 65.8 Å². The highest BCUT2D eigenvalue weighted by molar-refractivity contribution is 7.98. The Morgan fingerprint density at radius 3 is 2.78 bits per heavy atom. The van der Waals surface area contributed by atoms with E-state index in [1.165, 1.54) is 12.1 Å². The van der Waals surface area contributed by atoms with Gasteiger partial charge in [-0.3, -0.25) is 0 Å². The average Bonchev–Trinajstić information content (AvgIpc) is 3.09. The molecule has 0 radical (unpaired) electrons. The van der Waals surface area contributed by atoms with Gasteiger partial charge in [0.05, 0.1) is 19.0 Å². The number of hydrogen-bond acceptors (Lipinski definition) is 4. The van der Waals surface area contributed by atoms with Crippen LogP contribution in [0.3, 0.4) is 0 Å². The molecule has 0 fully saturated rings. The summed E-state index contributed by atoms with van der Waals surface area (Å²) < 4.78 is 33.9. The van der Waals surface area contributed by atoms with Crippen LogP contribution in [-0.2, 0) is 5.75 Å². The van der Waals surface area contributed by atoms with Crippen LogP contribution >= 0.6 is 11.8 Å². The molecule has 27 heavy (non-hydrogen) atoms. The molecule has 0 aliphatic rings. The standard InChI is InChI=1S/C20H15F2N3OS/c1-26-15-4-2-3-13(9-15)12-27-20-8-7-19-23-18(11-25(19)24-20)16-6-5-14(21)10-17(16)22/h2-11H,12H2,1H3. The third-order valence-corrected chi connectivity index (χ3v) is 5.01. The van der Waals surface area contributed by atoms with E-state index < -0.39 is 11.6 Å². The molecule has 0 amide bonds. The molecule has 0 atom stereocenters. The second-order valence-corrected chi connectivity index (χ2v) is 6.86. The number of halogens is 2. The molecule has 0 aliphatic heterocycles. The summed E-state index contributed by atoms with van der Waals surface area (Å²) in [6.45, 7) is 0. The van der Waals surface area contributed by atoms with Crippen molar-refractivity contribution in [3.8, 4) is 17.0 Å². The second-order valence-electron chi connectivity index (χ2n) is 5.86. The van der Waals surface area contributed by atoms with E-state index in [9.17, 15) is 8.78 Å². The number of thioether (sulfide) groups is 1. The number of fused-ring (bicyclic) bond motifs is 1. The number of benzene rings is 2. The third kappa shape index (κ3) is 3.78. The highest BCUT2D eigenvalue weighted by Gasteiger charge is 2.11. The SMILES string of the molecule is COc1cccc(CSc2ccc3nc(-c4ccc(F)cc4F)cn3n2)c1. The Morgan fingerprint density at radius 2 is 1.96 bits per heavy atom. The Kier molecular flexibility index (Phi) is 4.77. The Bertz CT molecular complexity index is 1110. The Labute approximate surface area is 158 Å². The van der Waals surface area contributed by atoms with E-state index in [1.807, 2.05) is 36.4 Å². The molecule has 0 spiro atoms. The molecule has 0 saturated heterocycles. The summed E-state index contributed by atoms with van der Waals surface area (Å²) in [4.78, 5) is 4.37. The van der Waals surface area contributed by atoms with Gasteiger partial charge in [-0.2, -0.15) is 5.10 Å². The van der Waals surface area contributed by atoms with Gasteiger partial charge >= 0.3 is 0 Å². The van der Waals surface area contributed by atoms with Crippen molar-refractivity contribution in [1.82, 2.24) is 14.6 Å². The maximum absolute atomic E-state index is 14.0. The minimum atomic E-state index is -0.647. The Balaban J connectivity index is 1.57. The fraction of sp³-hybridized carbons (Fsp3) is 0.100. The van der Waals surface area contributed by atoms with E-state index >= 15 is 0 Å². The maximum atomic E-state index is 14.0. The monoisotopic (exact) mass is 383 g/mol. The molecule has 0 bridgehead atoms. The molecule has 4 aromatic rings. The molecule has 2 aromatic carbocycles. The van der Waals surface area contributed by atoms with Crippen LogP contribution in [0, 0.1) is 11.6 Å². The summed E-state index contributed by atoms with van der Waals surface area (Å²) in [5.74, 6) is 0.293. The zero-order chi connectivity index (χ0) is 18.8. The van der Waals surface area contributed by atoms with Gasteiger partial charge in [0.2, 0.25) is 0 Å². The minimum absolute atomic E-state index is 0.243. The number of imidazole rings is 1. The van der Waals surface area contributed by atoms with E-state index in [1.54, 1.807) is 29.6 Å². The van der Waals surface area contributed by atoms with Gasteiger partial charge in [-0.05, 0) is 42.0 Å². The molecule has 136 valence electrons. The van der Waals surface area contributed by atoms with Gasteiger partial charge in [0.15, 0.2) is 5.65 Å². The molecular weight excluding hydrogens is 368 g/mol. The van der Waals surface area contributed by atoms with Gasteiger partial charge in [0.1, 0.15) is 22.4 Å². The first-order chi connectivity index (χ1) is 13.1. The van der Waals surface area contributed by atoms with E-state index in [0.29, 0.717) is 11.3 Å². The third-order valence-electron chi connectivity index (χ3n) is 4.02. The van der Waals surface area contributed by atoms with Crippen molar-refractivity contribution in [2.24, 2.45) is 0 Å². The minimum Gasteiger partial charge on any atom is -0.497 e. The van der Waals surface area contributed by atoms with Gasteiger partial charge in [-0.15, -0.1) is 0 Å². The van der Waals surface area contributed by atoms with Gasteiger partial charge in [0.25, 0.3) is 0 Å². The van der Waals surface area contributed by atoms with Crippen molar-refractivity contribution in [1.29, 1.82) is 0 Å². The zero-order valence-electron chi connectivity index (χ0n) is 14.4. The largest absolute Gasteiger partial charge is 0.497 e. The van der Waals surface area contributed by atoms with Crippen molar-refractivity contribution < 1.29 is 13.5 Å². The quantitative estimate of drug-likeness (QED) is 0.456. The van der Waals surface area contributed by atoms with Crippen molar-refractivity contribution in [3.63, 3.8) is 0 Å². The van der Waals surface area contributed by atoms with Gasteiger partial charge < -0.3 is 4.74 Å². The van der Waals surface area contributed by atoms with Crippen molar-refractivity contribution >= 4 is 17.4 Å². The lowest BCUT2D eigenvalue weighted by atomic mass is 10.1.